The number of carbonyl (C=O) groups is 1. The highest BCUT2D eigenvalue weighted by Gasteiger charge is 2.17. The molecular formula is C25H26ClN5O5. The fourth-order valence-electron chi connectivity index (χ4n) is 3.85. The highest BCUT2D eigenvalue weighted by Crippen LogP contribution is 2.22. The molecule has 0 fully saturated rings. The van der Waals surface area contributed by atoms with E-state index in [2.05, 4.69) is 15.0 Å². The number of carboxylic acid groups (broad SMARTS) is 1. The minimum Gasteiger partial charge on any atom is -0.484 e. The van der Waals surface area contributed by atoms with Gasteiger partial charge in [0.25, 0.3) is 0 Å². The first-order chi connectivity index (χ1) is 17.2. The van der Waals surface area contributed by atoms with Crippen molar-refractivity contribution in [3.05, 3.63) is 85.3 Å². The average Bonchev–Trinajstić information content (AvgIpc) is 2.84. The highest BCUT2D eigenvalue weighted by atomic mass is 35.5. The molecule has 0 amide bonds. The molecule has 0 spiro atoms. The average molecular weight is 512 g/mol. The zero-order valence-corrected chi connectivity index (χ0v) is 20.6. The molecule has 1 unspecified atom stereocenters. The van der Waals surface area contributed by atoms with Gasteiger partial charge in [-0.2, -0.15) is 0 Å². The molecule has 4 rings (SSSR count). The second-order valence-electron chi connectivity index (χ2n) is 8.71. The summed E-state index contributed by atoms with van der Waals surface area (Å²) >= 11 is 6.07. The van der Waals surface area contributed by atoms with E-state index in [1.165, 1.54) is 16.9 Å². The van der Waals surface area contributed by atoms with E-state index in [1.54, 1.807) is 38.1 Å². The molecule has 188 valence electrons. The lowest BCUT2D eigenvalue weighted by molar-refractivity contribution is -0.132. The van der Waals surface area contributed by atoms with Crippen molar-refractivity contribution in [3.8, 4) is 5.75 Å². The normalized spacial score (nSPS) is 18.1. The predicted molar refractivity (Wildman–Crippen MR) is 136 cm³/mol. The van der Waals surface area contributed by atoms with Gasteiger partial charge in [-0.3, -0.25) is 14.5 Å². The van der Waals surface area contributed by atoms with Crippen molar-refractivity contribution in [2.75, 3.05) is 6.54 Å². The summed E-state index contributed by atoms with van der Waals surface area (Å²) in [6.45, 7) is 4.12. The molecule has 2 aromatic rings. The summed E-state index contributed by atoms with van der Waals surface area (Å²) in [7, 11) is 0. The number of halogens is 1. The largest absolute Gasteiger partial charge is 0.484 e. The van der Waals surface area contributed by atoms with Crippen molar-refractivity contribution in [1.29, 1.82) is 0 Å². The molecule has 10 nitrogen and oxygen atoms in total. The van der Waals surface area contributed by atoms with Crippen LogP contribution < -0.4 is 21.7 Å². The van der Waals surface area contributed by atoms with Crippen LogP contribution in [0.1, 0.15) is 32.7 Å². The molecule has 2 N–H and O–H groups in total. The summed E-state index contributed by atoms with van der Waals surface area (Å²) in [4.78, 5) is 48.3. The van der Waals surface area contributed by atoms with Crippen molar-refractivity contribution < 1.29 is 14.6 Å². The Balaban J connectivity index is 1.66. The summed E-state index contributed by atoms with van der Waals surface area (Å²) in [5.74, 6) is -0.560. The molecule has 0 bridgehead atoms. The standard InChI is InChI=1S/C25H26ClN5O5/c1-15(2)31-24(34)29-23(30(25(31)35)14-16-3-5-18(26)6-4-16)28-19-7-9-20(10-8-19)36-21-11-17(22(32)33)12-27-13-21/h3,5,7-12,15,21H,4,6,13-14H2,1-2H3,(H,32,33)(H,28,29,34). The Bertz CT molecular complexity index is 1470. The maximum absolute atomic E-state index is 13.2. The third kappa shape index (κ3) is 5.83. The highest BCUT2D eigenvalue weighted by molar-refractivity contribution is 6.29. The number of hydrogen-bond acceptors (Lipinski definition) is 6. The van der Waals surface area contributed by atoms with Gasteiger partial charge in [0, 0.05) is 17.3 Å². The number of carboxylic acids is 1. The van der Waals surface area contributed by atoms with Crippen LogP contribution in [-0.2, 0) is 11.3 Å². The molecule has 2 heterocycles. The predicted octanol–water partition coefficient (Wildman–Crippen LogP) is 2.84. The Kier molecular flexibility index (Phi) is 7.54. The molecule has 1 aromatic carbocycles. The zero-order chi connectivity index (χ0) is 25.8. The number of nitrogens with one attached hydrogen (secondary N) is 1. The number of ether oxygens (including phenoxy) is 1. The van der Waals surface area contributed by atoms with Gasteiger partial charge in [-0.25, -0.2) is 23.9 Å². The van der Waals surface area contributed by atoms with Crippen molar-refractivity contribution in [1.82, 2.24) is 14.1 Å². The van der Waals surface area contributed by atoms with Crippen molar-refractivity contribution in [2.24, 2.45) is 9.98 Å². The molecule has 36 heavy (non-hydrogen) atoms. The van der Waals surface area contributed by atoms with Gasteiger partial charge in [-0.05, 0) is 68.7 Å². The maximum Gasteiger partial charge on any atom is 0.337 e. The fraction of sp³-hybridized carbons (Fsp3) is 0.320. The van der Waals surface area contributed by atoms with Crippen LogP contribution in [0.5, 0.6) is 5.75 Å². The van der Waals surface area contributed by atoms with E-state index in [0.717, 1.165) is 15.2 Å². The molecule has 0 saturated carbocycles. The van der Waals surface area contributed by atoms with Gasteiger partial charge in [0.1, 0.15) is 11.9 Å². The van der Waals surface area contributed by atoms with Crippen LogP contribution in [0.4, 0.5) is 5.69 Å². The number of nitrogens with zero attached hydrogens (tertiary/aromatic N) is 4. The Hall–Kier alpha value is -3.92. The Morgan fingerprint density at radius 2 is 2.00 bits per heavy atom. The van der Waals surface area contributed by atoms with Crippen LogP contribution in [0.25, 0.3) is 0 Å². The summed E-state index contributed by atoms with van der Waals surface area (Å²) in [6, 6.07) is 6.40. The van der Waals surface area contributed by atoms with Crippen LogP contribution in [0, 0.1) is 0 Å². The molecule has 1 aromatic heterocycles. The number of allylic oxidation sites excluding steroid dienone is 4. The quantitative estimate of drug-likeness (QED) is 0.590. The fourth-order valence-corrected chi connectivity index (χ4v) is 4.01. The molecular weight excluding hydrogens is 486 g/mol. The lowest BCUT2D eigenvalue weighted by Crippen LogP contribution is -2.50. The second kappa shape index (κ2) is 10.8. The summed E-state index contributed by atoms with van der Waals surface area (Å²) in [5.41, 5.74) is 0.712. The van der Waals surface area contributed by atoms with E-state index in [0.29, 0.717) is 30.8 Å². The van der Waals surface area contributed by atoms with Crippen LogP contribution >= 0.6 is 11.6 Å². The van der Waals surface area contributed by atoms with Gasteiger partial charge in [-0.1, -0.05) is 17.7 Å². The number of aromatic nitrogens is 3. The number of hydrogen-bond donors (Lipinski definition) is 2. The van der Waals surface area contributed by atoms with E-state index in [9.17, 15) is 14.4 Å². The smallest absolute Gasteiger partial charge is 0.337 e. The number of aliphatic imine (C=N–C) groups is 1. The summed E-state index contributed by atoms with van der Waals surface area (Å²) in [5, 5.41) is 9.89. The first-order valence-corrected chi connectivity index (χ1v) is 11.8. The third-order valence-corrected chi connectivity index (χ3v) is 5.99. The van der Waals surface area contributed by atoms with Crippen molar-refractivity contribution in [2.45, 2.75) is 45.4 Å². The van der Waals surface area contributed by atoms with Crippen LogP contribution in [0.2, 0.25) is 0 Å². The Morgan fingerprint density at radius 1 is 1.25 bits per heavy atom. The Morgan fingerprint density at radius 3 is 2.64 bits per heavy atom. The van der Waals surface area contributed by atoms with E-state index in [-0.39, 0.29) is 23.8 Å². The van der Waals surface area contributed by atoms with E-state index >= 15 is 0 Å². The molecule has 0 saturated heterocycles. The van der Waals surface area contributed by atoms with Crippen molar-refractivity contribution in [3.63, 3.8) is 0 Å². The van der Waals surface area contributed by atoms with E-state index in [1.807, 2.05) is 12.2 Å². The number of aromatic amines is 1. The number of aliphatic carboxylic acids is 1. The second-order valence-corrected chi connectivity index (χ2v) is 9.19. The van der Waals surface area contributed by atoms with Gasteiger partial charge < -0.3 is 9.84 Å². The number of benzene rings is 1. The first kappa shape index (κ1) is 25.2. The van der Waals surface area contributed by atoms with Gasteiger partial charge in [0.05, 0.1) is 24.4 Å². The molecule has 11 heteroatoms. The minimum absolute atomic E-state index is 0.0772. The molecule has 2 aliphatic rings. The van der Waals surface area contributed by atoms with Gasteiger partial charge in [0.15, 0.2) is 0 Å². The van der Waals surface area contributed by atoms with Gasteiger partial charge in [0.2, 0.25) is 5.62 Å². The molecule has 1 atom stereocenters. The molecule has 1 aliphatic heterocycles. The lowest BCUT2D eigenvalue weighted by atomic mass is 10.1. The minimum atomic E-state index is -1.06. The van der Waals surface area contributed by atoms with Crippen LogP contribution in [0.15, 0.2) is 78.2 Å². The first-order valence-electron chi connectivity index (χ1n) is 11.5. The van der Waals surface area contributed by atoms with Crippen LogP contribution in [0.3, 0.4) is 0 Å². The number of H-pyrrole nitrogens is 1. The molecule has 1 aliphatic carbocycles. The van der Waals surface area contributed by atoms with E-state index < -0.39 is 23.5 Å². The summed E-state index contributed by atoms with van der Waals surface area (Å²) < 4.78 is 8.43. The SMILES string of the molecule is CC(C)n1c(=O)[nH]/c(=N\c2ccc(OC3C=C(C(=O)O)C=NC3)cc2)n(CC2=CC=C(Cl)CC2)c1=O. The Labute approximate surface area is 211 Å². The molecule has 0 radical (unpaired) electrons. The maximum atomic E-state index is 13.2. The monoisotopic (exact) mass is 511 g/mol. The van der Waals surface area contributed by atoms with Crippen LogP contribution in [-0.4, -0.2) is 44.1 Å². The number of dihydropyridines is 1. The lowest BCUT2D eigenvalue weighted by Gasteiger charge is -2.17. The van der Waals surface area contributed by atoms with Gasteiger partial charge in [-0.15, -0.1) is 0 Å². The summed E-state index contributed by atoms with van der Waals surface area (Å²) in [6.07, 6.45) is 7.41. The topological polar surface area (TPSA) is 131 Å². The van der Waals surface area contributed by atoms with Gasteiger partial charge >= 0.3 is 17.3 Å². The third-order valence-electron chi connectivity index (χ3n) is 5.68. The van der Waals surface area contributed by atoms with E-state index in [4.69, 9.17) is 21.4 Å². The number of rotatable bonds is 7. The zero-order valence-electron chi connectivity index (χ0n) is 19.8. The van der Waals surface area contributed by atoms with Crippen molar-refractivity contribution >= 4 is 29.5 Å².